The highest BCUT2D eigenvalue weighted by Gasteiger charge is 2.16. The van der Waals surface area contributed by atoms with Gasteiger partial charge in [0.05, 0.1) is 22.6 Å². The fourth-order valence-corrected chi connectivity index (χ4v) is 3.95. The Morgan fingerprint density at radius 1 is 0.933 bits per heavy atom. The SMILES string of the molecule is O=C(CSc1ncc(-c2ccccc2)n1-c1ccccc1)c1ccc([N+](=O)[O-])cc1. The van der Waals surface area contributed by atoms with Crippen LogP contribution in [0.3, 0.4) is 0 Å². The summed E-state index contributed by atoms with van der Waals surface area (Å²) in [4.78, 5) is 27.5. The van der Waals surface area contributed by atoms with Crippen LogP contribution in [0.15, 0.2) is 96.3 Å². The van der Waals surface area contributed by atoms with Gasteiger partial charge in [-0.25, -0.2) is 4.98 Å². The van der Waals surface area contributed by atoms with Crippen LogP contribution >= 0.6 is 11.8 Å². The first kappa shape index (κ1) is 19.6. The third-order valence-electron chi connectivity index (χ3n) is 4.55. The zero-order valence-electron chi connectivity index (χ0n) is 15.8. The average molecular weight is 415 g/mol. The Kier molecular flexibility index (Phi) is 5.72. The second kappa shape index (κ2) is 8.75. The van der Waals surface area contributed by atoms with Gasteiger partial charge >= 0.3 is 0 Å². The van der Waals surface area contributed by atoms with E-state index in [-0.39, 0.29) is 17.2 Å². The third-order valence-corrected chi connectivity index (χ3v) is 5.50. The van der Waals surface area contributed by atoms with Crippen LogP contribution < -0.4 is 0 Å². The molecule has 0 saturated heterocycles. The van der Waals surface area contributed by atoms with Crippen molar-refractivity contribution >= 4 is 23.2 Å². The number of carbonyl (C=O) groups is 1. The summed E-state index contributed by atoms with van der Waals surface area (Å²) in [5.74, 6) is 0.0642. The molecule has 0 aliphatic carbocycles. The second-order valence-corrected chi connectivity index (χ2v) is 7.42. The number of benzene rings is 3. The maximum Gasteiger partial charge on any atom is 0.269 e. The molecule has 0 aliphatic heterocycles. The van der Waals surface area contributed by atoms with Crippen molar-refractivity contribution in [3.8, 4) is 16.9 Å². The van der Waals surface area contributed by atoms with E-state index in [2.05, 4.69) is 4.98 Å². The number of imidazole rings is 1. The first-order chi connectivity index (χ1) is 14.6. The van der Waals surface area contributed by atoms with Gasteiger partial charge in [-0.15, -0.1) is 0 Å². The lowest BCUT2D eigenvalue weighted by Crippen LogP contribution is -2.05. The first-order valence-electron chi connectivity index (χ1n) is 9.22. The first-order valence-corrected chi connectivity index (χ1v) is 10.2. The Hall–Kier alpha value is -3.71. The number of ketones is 1. The van der Waals surface area contributed by atoms with E-state index in [9.17, 15) is 14.9 Å². The Balaban J connectivity index is 1.61. The van der Waals surface area contributed by atoms with Gasteiger partial charge in [0.2, 0.25) is 0 Å². The van der Waals surface area contributed by atoms with Gasteiger partial charge in [-0.2, -0.15) is 0 Å². The molecule has 30 heavy (non-hydrogen) atoms. The predicted octanol–water partition coefficient (Wildman–Crippen LogP) is 5.42. The molecule has 0 bridgehead atoms. The summed E-state index contributed by atoms with van der Waals surface area (Å²) in [6, 6.07) is 25.5. The molecule has 0 radical (unpaired) electrons. The fraction of sp³-hybridized carbons (Fsp3) is 0.0435. The smallest absolute Gasteiger partial charge is 0.269 e. The summed E-state index contributed by atoms with van der Waals surface area (Å²) in [6.45, 7) is 0. The molecule has 3 aromatic carbocycles. The standard InChI is InChI=1S/C23H17N3O3S/c27-22(18-11-13-20(14-12-18)26(28)29)16-30-23-24-15-21(17-7-3-1-4-8-17)25(23)19-9-5-2-6-10-19/h1-15H,16H2. The molecule has 0 saturated carbocycles. The van der Waals surface area contributed by atoms with Crippen molar-refractivity contribution in [1.82, 2.24) is 9.55 Å². The Bertz CT molecular complexity index is 1170. The van der Waals surface area contributed by atoms with Crippen molar-refractivity contribution in [3.63, 3.8) is 0 Å². The van der Waals surface area contributed by atoms with Gasteiger partial charge in [0, 0.05) is 28.9 Å². The summed E-state index contributed by atoms with van der Waals surface area (Å²) in [5.41, 5.74) is 3.33. The molecule has 1 heterocycles. The molecule has 6 nitrogen and oxygen atoms in total. The molecular formula is C23H17N3O3S. The summed E-state index contributed by atoms with van der Waals surface area (Å²) in [7, 11) is 0. The van der Waals surface area contributed by atoms with Crippen molar-refractivity contribution in [3.05, 3.63) is 107 Å². The maximum absolute atomic E-state index is 12.6. The van der Waals surface area contributed by atoms with Crippen LogP contribution in [0.2, 0.25) is 0 Å². The summed E-state index contributed by atoms with van der Waals surface area (Å²) >= 11 is 1.34. The van der Waals surface area contributed by atoms with E-state index in [0.717, 1.165) is 16.9 Å². The lowest BCUT2D eigenvalue weighted by molar-refractivity contribution is -0.384. The zero-order valence-corrected chi connectivity index (χ0v) is 16.7. The number of carbonyl (C=O) groups excluding carboxylic acids is 1. The summed E-state index contributed by atoms with van der Waals surface area (Å²) in [6.07, 6.45) is 1.81. The second-order valence-electron chi connectivity index (χ2n) is 6.48. The highest BCUT2D eigenvalue weighted by atomic mass is 32.2. The number of Topliss-reactive ketones (excluding diaryl/α,β-unsaturated/α-hetero) is 1. The predicted molar refractivity (Wildman–Crippen MR) is 117 cm³/mol. The largest absolute Gasteiger partial charge is 0.293 e. The van der Waals surface area contributed by atoms with Crippen molar-refractivity contribution in [2.24, 2.45) is 0 Å². The van der Waals surface area contributed by atoms with Crippen LogP contribution in [-0.4, -0.2) is 26.0 Å². The van der Waals surface area contributed by atoms with Crippen molar-refractivity contribution in [1.29, 1.82) is 0 Å². The number of thioether (sulfide) groups is 1. The quantitative estimate of drug-likeness (QED) is 0.174. The van der Waals surface area contributed by atoms with Crippen molar-refractivity contribution in [2.75, 3.05) is 5.75 Å². The van der Waals surface area contributed by atoms with E-state index in [0.29, 0.717) is 10.7 Å². The number of hydrogen-bond donors (Lipinski definition) is 0. The molecule has 4 rings (SSSR count). The molecule has 0 aliphatic rings. The van der Waals surface area contributed by atoms with Gasteiger partial charge in [0.1, 0.15) is 0 Å². The molecule has 0 fully saturated rings. The van der Waals surface area contributed by atoms with E-state index in [1.54, 1.807) is 6.20 Å². The minimum atomic E-state index is -0.481. The van der Waals surface area contributed by atoms with Crippen LogP contribution in [0.25, 0.3) is 16.9 Å². The topological polar surface area (TPSA) is 78.0 Å². The van der Waals surface area contributed by atoms with Crippen molar-refractivity contribution in [2.45, 2.75) is 5.16 Å². The minimum absolute atomic E-state index is 0.0358. The molecular weight excluding hydrogens is 398 g/mol. The molecule has 0 unspecified atom stereocenters. The number of nitro groups is 1. The van der Waals surface area contributed by atoms with Gasteiger partial charge in [-0.1, -0.05) is 60.3 Å². The zero-order chi connectivity index (χ0) is 20.9. The lowest BCUT2D eigenvalue weighted by Gasteiger charge is -2.12. The number of hydrogen-bond acceptors (Lipinski definition) is 5. The van der Waals surface area contributed by atoms with E-state index in [4.69, 9.17) is 0 Å². The van der Waals surface area contributed by atoms with Gasteiger partial charge in [0.15, 0.2) is 10.9 Å². The highest BCUT2D eigenvalue weighted by molar-refractivity contribution is 7.99. The molecule has 0 spiro atoms. The number of aromatic nitrogens is 2. The normalized spacial score (nSPS) is 10.7. The number of nitrogens with zero attached hydrogens (tertiary/aromatic N) is 3. The number of para-hydroxylation sites is 1. The molecule has 0 N–H and O–H groups in total. The Morgan fingerprint density at radius 2 is 1.57 bits per heavy atom. The molecule has 0 amide bonds. The van der Waals surface area contributed by atoms with Crippen molar-refractivity contribution < 1.29 is 9.72 Å². The average Bonchev–Trinajstić information content (AvgIpc) is 3.22. The lowest BCUT2D eigenvalue weighted by atomic mass is 10.1. The Labute approximate surface area is 177 Å². The van der Waals surface area contributed by atoms with Crippen LogP contribution in [0.4, 0.5) is 5.69 Å². The summed E-state index contributed by atoms with van der Waals surface area (Å²) < 4.78 is 2.03. The molecule has 4 aromatic rings. The van der Waals surface area contributed by atoms with Gasteiger partial charge in [-0.3, -0.25) is 19.5 Å². The van der Waals surface area contributed by atoms with Gasteiger partial charge in [-0.05, 0) is 24.3 Å². The minimum Gasteiger partial charge on any atom is -0.293 e. The number of nitro benzene ring substituents is 1. The van der Waals surface area contributed by atoms with Crippen LogP contribution in [-0.2, 0) is 0 Å². The highest BCUT2D eigenvalue weighted by Crippen LogP contribution is 2.30. The van der Waals surface area contributed by atoms with E-state index < -0.39 is 4.92 Å². The fourth-order valence-electron chi connectivity index (χ4n) is 3.06. The van der Waals surface area contributed by atoms with Gasteiger partial charge < -0.3 is 0 Å². The van der Waals surface area contributed by atoms with E-state index in [1.165, 1.54) is 36.0 Å². The molecule has 1 aromatic heterocycles. The van der Waals surface area contributed by atoms with Crippen LogP contribution in [0.1, 0.15) is 10.4 Å². The number of non-ortho nitro benzene ring substituents is 1. The Morgan fingerprint density at radius 3 is 2.20 bits per heavy atom. The van der Waals surface area contributed by atoms with Crippen LogP contribution in [0.5, 0.6) is 0 Å². The summed E-state index contributed by atoms with van der Waals surface area (Å²) in [5, 5.41) is 11.5. The van der Waals surface area contributed by atoms with Crippen LogP contribution in [0, 0.1) is 10.1 Å². The third kappa shape index (κ3) is 4.16. The molecule has 148 valence electrons. The van der Waals surface area contributed by atoms with E-state index in [1.807, 2.05) is 65.2 Å². The maximum atomic E-state index is 12.6. The molecule has 7 heteroatoms. The van der Waals surface area contributed by atoms with Gasteiger partial charge in [0.25, 0.3) is 5.69 Å². The monoisotopic (exact) mass is 415 g/mol. The van der Waals surface area contributed by atoms with E-state index >= 15 is 0 Å². The number of rotatable bonds is 7. The molecule has 0 atom stereocenters.